The van der Waals surface area contributed by atoms with E-state index in [0.29, 0.717) is 18.0 Å². The topological polar surface area (TPSA) is 93.9 Å². The quantitative estimate of drug-likeness (QED) is 0.525. The maximum atomic E-state index is 9.95. The summed E-state index contributed by atoms with van der Waals surface area (Å²) in [5.41, 5.74) is 11.9. The van der Waals surface area contributed by atoms with E-state index < -0.39 is 5.60 Å². The molecule has 0 radical (unpaired) electrons. The first-order valence-electron chi connectivity index (χ1n) is 7.59. The van der Waals surface area contributed by atoms with Gasteiger partial charge in [-0.1, -0.05) is 0 Å². The first-order chi connectivity index (χ1) is 9.48. The van der Waals surface area contributed by atoms with Gasteiger partial charge in [0.15, 0.2) is 5.88 Å². The van der Waals surface area contributed by atoms with E-state index in [4.69, 9.17) is 16.2 Å². The van der Waals surface area contributed by atoms with E-state index in [9.17, 15) is 5.11 Å². The summed E-state index contributed by atoms with van der Waals surface area (Å²) in [5, 5.41) is 9.95. The molecule has 0 amide bonds. The zero-order valence-electron chi connectivity index (χ0n) is 12.3. The Hall–Kier alpha value is -1.07. The van der Waals surface area contributed by atoms with Crippen LogP contribution in [0.25, 0.3) is 0 Å². The molecule has 2 rings (SSSR count). The van der Waals surface area contributed by atoms with Crippen LogP contribution in [-0.4, -0.2) is 35.6 Å². The molecule has 2 saturated carbocycles. The van der Waals surface area contributed by atoms with Gasteiger partial charge in [0.1, 0.15) is 6.61 Å². The van der Waals surface area contributed by atoms with Crippen molar-refractivity contribution in [1.29, 1.82) is 0 Å². The Labute approximate surface area is 121 Å². The summed E-state index contributed by atoms with van der Waals surface area (Å²) in [6.45, 7) is 2.17. The van der Waals surface area contributed by atoms with Crippen molar-refractivity contribution in [3.05, 3.63) is 11.5 Å². The number of rotatable bonds is 5. The van der Waals surface area contributed by atoms with E-state index in [0.717, 1.165) is 50.5 Å². The van der Waals surface area contributed by atoms with Crippen LogP contribution in [0.2, 0.25) is 0 Å². The molecule has 5 heteroatoms. The molecule has 0 heterocycles. The second kappa shape index (κ2) is 6.59. The standard InChI is InChI=1S/C15H27N3O2/c1-11(9-18-13-5-3-12(16)4-6-13)14(17)20-10-15(19)7-2-8-15/h9,12-13,19H,2-8,10,16-17H2,1H3. The molecule has 5 N–H and O–H groups in total. The average Bonchev–Trinajstić information content (AvgIpc) is 2.41. The molecule has 5 nitrogen and oxygen atoms in total. The number of allylic oxidation sites excluding steroid dienone is 1. The van der Waals surface area contributed by atoms with Crippen molar-refractivity contribution < 1.29 is 9.84 Å². The maximum absolute atomic E-state index is 9.95. The van der Waals surface area contributed by atoms with Crippen LogP contribution in [0.3, 0.4) is 0 Å². The molecule has 0 spiro atoms. The Bertz CT molecular complexity index is 381. The molecule has 114 valence electrons. The molecule has 2 fully saturated rings. The highest BCUT2D eigenvalue weighted by Crippen LogP contribution is 2.32. The molecule has 0 aromatic heterocycles. The van der Waals surface area contributed by atoms with E-state index in [-0.39, 0.29) is 6.61 Å². The lowest BCUT2D eigenvalue weighted by Gasteiger charge is -2.36. The number of nitrogens with two attached hydrogens (primary N) is 2. The summed E-state index contributed by atoms with van der Waals surface area (Å²) in [7, 11) is 0. The average molecular weight is 281 g/mol. The van der Waals surface area contributed by atoms with Gasteiger partial charge in [0.25, 0.3) is 0 Å². The smallest absolute Gasteiger partial charge is 0.188 e. The summed E-state index contributed by atoms with van der Waals surface area (Å²) in [6, 6.07) is 0.697. The molecule has 2 aliphatic carbocycles. The predicted molar refractivity (Wildman–Crippen MR) is 80.4 cm³/mol. The molecule has 0 bridgehead atoms. The van der Waals surface area contributed by atoms with Crippen LogP contribution >= 0.6 is 0 Å². The minimum Gasteiger partial charge on any atom is -0.476 e. The third-order valence-corrected chi connectivity index (χ3v) is 4.39. The first-order valence-corrected chi connectivity index (χ1v) is 7.59. The van der Waals surface area contributed by atoms with Crippen LogP contribution in [0, 0.1) is 0 Å². The monoisotopic (exact) mass is 281 g/mol. The molecule has 20 heavy (non-hydrogen) atoms. The molecule has 0 aliphatic heterocycles. The highest BCUT2D eigenvalue weighted by molar-refractivity contribution is 5.78. The third-order valence-electron chi connectivity index (χ3n) is 4.39. The van der Waals surface area contributed by atoms with Crippen molar-refractivity contribution in [2.45, 2.75) is 69.6 Å². The van der Waals surface area contributed by atoms with Crippen LogP contribution in [0.4, 0.5) is 0 Å². The van der Waals surface area contributed by atoms with E-state index in [1.54, 1.807) is 6.21 Å². The Morgan fingerprint density at radius 2 is 2.00 bits per heavy atom. The molecular weight excluding hydrogens is 254 g/mol. The fraction of sp³-hybridized carbons (Fsp3) is 0.800. The molecular formula is C15H27N3O2. The van der Waals surface area contributed by atoms with Crippen molar-refractivity contribution in [3.63, 3.8) is 0 Å². The summed E-state index contributed by atoms with van der Waals surface area (Å²) >= 11 is 0. The molecule has 2 aliphatic rings. The summed E-state index contributed by atoms with van der Waals surface area (Å²) in [6.07, 6.45) is 8.64. The molecule has 0 aromatic carbocycles. The van der Waals surface area contributed by atoms with E-state index in [1.165, 1.54) is 0 Å². The van der Waals surface area contributed by atoms with Crippen LogP contribution in [0.5, 0.6) is 0 Å². The fourth-order valence-corrected chi connectivity index (χ4v) is 2.59. The van der Waals surface area contributed by atoms with Gasteiger partial charge in [-0.2, -0.15) is 0 Å². The lowest BCUT2D eigenvalue weighted by atomic mass is 9.81. The molecule has 0 unspecified atom stereocenters. The number of aliphatic hydroxyl groups is 1. The molecule has 0 aromatic rings. The van der Waals surface area contributed by atoms with E-state index in [1.807, 2.05) is 6.92 Å². The highest BCUT2D eigenvalue weighted by atomic mass is 16.5. The summed E-state index contributed by atoms with van der Waals surface area (Å²) in [4.78, 5) is 4.56. The lowest BCUT2D eigenvalue weighted by Crippen LogP contribution is -2.41. The lowest BCUT2D eigenvalue weighted by molar-refractivity contribution is -0.0825. The zero-order chi connectivity index (χ0) is 14.6. The van der Waals surface area contributed by atoms with Crippen molar-refractivity contribution in [3.8, 4) is 0 Å². The second-order valence-corrected chi connectivity index (χ2v) is 6.26. The van der Waals surface area contributed by atoms with Gasteiger partial charge in [-0.25, -0.2) is 0 Å². The third kappa shape index (κ3) is 4.21. The number of hydrogen-bond donors (Lipinski definition) is 3. The second-order valence-electron chi connectivity index (χ2n) is 6.26. The number of nitrogens with zero attached hydrogens (tertiary/aromatic N) is 1. The SMILES string of the molecule is CC(C=NC1CCC(N)CC1)=C(N)OCC1(O)CCC1. The maximum Gasteiger partial charge on any atom is 0.188 e. The molecule has 0 saturated heterocycles. The van der Waals surface area contributed by atoms with Gasteiger partial charge in [0.2, 0.25) is 0 Å². The highest BCUT2D eigenvalue weighted by Gasteiger charge is 2.35. The minimum absolute atomic E-state index is 0.280. The van der Waals surface area contributed by atoms with Gasteiger partial charge in [0.05, 0.1) is 11.6 Å². The number of hydrogen-bond acceptors (Lipinski definition) is 5. The Morgan fingerprint density at radius 1 is 1.35 bits per heavy atom. The largest absolute Gasteiger partial charge is 0.476 e. The Balaban J connectivity index is 1.79. The number of ether oxygens (including phenoxy) is 1. The van der Waals surface area contributed by atoms with Crippen molar-refractivity contribution in [2.24, 2.45) is 16.5 Å². The minimum atomic E-state index is -0.665. The zero-order valence-corrected chi connectivity index (χ0v) is 12.3. The van der Waals surface area contributed by atoms with Crippen LogP contribution < -0.4 is 11.5 Å². The normalized spacial score (nSPS) is 30.8. The van der Waals surface area contributed by atoms with Crippen LogP contribution in [0.15, 0.2) is 16.4 Å². The van der Waals surface area contributed by atoms with Crippen molar-refractivity contribution >= 4 is 6.21 Å². The van der Waals surface area contributed by atoms with Crippen LogP contribution in [0.1, 0.15) is 51.9 Å². The fourth-order valence-electron chi connectivity index (χ4n) is 2.59. The molecule has 0 atom stereocenters. The van der Waals surface area contributed by atoms with Gasteiger partial charge in [0, 0.05) is 17.8 Å². The first kappa shape index (κ1) is 15.3. The summed E-state index contributed by atoms with van der Waals surface area (Å²) < 4.78 is 5.46. The van der Waals surface area contributed by atoms with Crippen LogP contribution in [-0.2, 0) is 4.74 Å². The van der Waals surface area contributed by atoms with E-state index >= 15 is 0 Å². The van der Waals surface area contributed by atoms with Gasteiger partial charge in [-0.15, -0.1) is 0 Å². The Morgan fingerprint density at radius 3 is 2.55 bits per heavy atom. The van der Waals surface area contributed by atoms with Crippen molar-refractivity contribution in [1.82, 2.24) is 0 Å². The van der Waals surface area contributed by atoms with Gasteiger partial charge in [-0.3, -0.25) is 4.99 Å². The Kier molecular flexibility index (Phi) is 5.05. The van der Waals surface area contributed by atoms with Crippen molar-refractivity contribution in [2.75, 3.05) is 6.61 Å². The van der Waals surface area contributed by atoms with Gasteiger partial charge in [-0.05, 0) is 51.9 Å². The van der Waals surface area contributed by atoms with Gasteiger partial charge < -0.3 is 21.3 Å². The van der Waals surface area contributed by atoms with E-state index in [2.05, 4.69) is 4.99 Å². The summed E-state index contributed by atoms with van der Waals surface area (Å²) in [5.74, 6) is 0.363. The predicted octanol–water partition coefficient (Wildman–Crippen LogP) is 1.45. The van der Waals surface area contributed by atoms with Gasteiger partial charge >= 0.3 is 0 Å². The number of aliphatic imine (C=N–C) groups is 1.